The van der Waals surface area contributed by atoms with Gasteiger partial charge < -0.3 is 5.73 Å². The molecule has 0 aliphatic rings. The summed E-state index contributed by atoms with van der Waals surface area (Å²) in [7, 11) is -1.90. The molecule has 0 amide bonds. The van der Waals surface area contributed by atoms with Crippen LogP contribution >= 0.6 is 0 Å². The Morgan fingerprint density at radius 3 is 2.68 bits per heavy atom. The molecule has 0 saturated heterocycles. The molecule has 114 valence electrons. The number of nitrogens with two attached hydrogens (primary N) is 1. The number of nitrogen functional groups attached to an aromatic ring is 1. The lowest BCUT2D eigenvalue weighted by atomic mass is 10.1. The second kappa shape index (κ2) is 4.73. The van der Waals surface area contributed by atoms with Gasteiger partial charge in [0.1, 0.15) is 11.5 Å². The van der Waals surface area contributed by atoms with E-state index in [-0.39, 0.29) is 10.8 Å². The van der Waals surface area contributed by atoms with Gasteiger partial charge in [-0.2, -0.15) is 10.1 Å². The molecule has 2 heterocycles. The lowest BCUT2D eigenvalue weighted by molar-refractivity contribution is 0.593. The maximum Gasteiger partial charge on any atom is 0.248 e. The zero-order valence-corrected chi connectivity index (χ0v) is 12.6. The smallest absolute Gasteiger partial charge is 0.248 e. The lowest BCUT2D eigenvalue weighted by Gasteiger charge is -2.01. The number of halogens is 1. The molecule has 0 spiro atoms. The van der Waals surface area contributed by atoms with Gasteiger partial charge in [-0.1, -0.05) is 6.07 Å². The normalized spacial score (nSPS) is 12.0. The minimum Gasteiger partial charge on any atom is -0.396 e. The SMILES string of the molecule is Cn1nc(-c2ccc(N)c(F)c2)c2cnc(S(C)(=O)=O)nc21. The van der Waals surface area contributed by atoms with Crippen molar-refractivity contribution >= 4 is 26.6 Å². The van der Waals surface area contributed by atoms with E-state index in [1.807, 2.05) is 0 Å². The van der Waals surface area contributed by atoms with Crippen LogP contribution in [0.5, 0.6) is 0 Å². The highest BCUT2D eigenvalue weighted by Gasteiger charge is 2.18. The molecule has 0 aliphatic carbocycles. The van der Waals surface area contributed by atoms with Gasteiger partial charge in [0.15, 0.2) is 5.65 Å². The summed E-state index contributed by atoms with van der Waals surface area (Å²) in [4.78, 5) is 7.86. The van der Waals surface area contributed by atoms with Crippen LogP contribution in [0.1, 0.15) is 0 Å². The molecule has 9 heteroatoms. The summed E-state index contributed by atoms with van der Waals surface area (Å²) in [6, 6.07) is 4.34. The highest BCUT2D eigenvalue weighted by molar-refractivity contribution is 7.90. The lowest BCUT2D eigenvalue weighted by Crippen LogP contribution is -2.04. The number of hydrogen-bond donors (Lipinski definition) is 1. The third-order valence-corrected chi connectivity index (χ3v) is 4.02. The van der Waals surface area contributed by atoms with Crippen LogP contribution in [-0.4, -0.2) is 34.4 Å². The second-order valence-corrected chi connectivity index (χ2v) is 6.78. The number of aromatic nitrogens is 4. The van der Waals surface area contributed by atoms with Crippen molar-refractivity contribution in [2.75, 3.05) is 12.0 Å². The van der Waals surface area contributed by atoms with Gasteiger partial charge >= 0.3 is 0 Å². The Labute approximate surface area is 125 Å². The molecule has 0 atom stereocenters. The van der Waals surface area contributed by atoms with Crippen LogP contribution in [-0.2, 0) is 16.9 Å². The number of aryl methyl sites for hydroxylation is 1. The average Bonchev–Trinajstić information content (AvgIpc) is 2.78. The first kappa shape index (κ1) is 14.4. The highest BCUT2D eigenvalue weighted by Crippen LogP contribution is 2.28. The van der Waals surface area contributed by atoms with Crippen molar-refractivity contribution in [2.24, 2.45) is 7.05 Å². The Hall–Kier alpha value is -2.55. The van der Waals surface area contributed by atoms with Gasteiger partial charge in [-0.3, -0.25) is 0 Å². The number of rotatable bonds is 2. The van der Waals surface area contributed by atoms with Gasteiger partial charge in [-0.15, -0.1) is 0 Å². The fourth-order valence-corrected chi connectivity index (χ4v) is 2.58. The van der Waals surface area contributed by atoms with Crippen molar-refractivity contribution in [1.29, 1.82) is 0 Å². The monoisotopic (exact) mass is 321 g/mol. The number of benzene rings is 1. The molecule has 0 aliphatic heterocycles. The maximum atomic E-state index is 13.6. The third kappa shape index (κ3) is 2.29. The van der Waals surface area contributed by atoms with Crippen LogP contribution in [0.3, 0.4) is 0 Å². The molecule has 0 saturated carbocycles. The van der Waals surface area contributed by atoms with Crippen molar-refractivity contribution in [1.82, 2.24) is 19.7 Å². The molecule has 3 rings (SSSR count). The van der Waals surface area contributed by atoms with Gasteiger partial charge in [-0.05, 0) is 12.1 Å². The minimum atomic E-state index is -3.52. The number of fused-ring (bicyclic) bond motifs is 1. The van der Waals surface area contributed by atoms with Crippen LogP contribution < -0.4 is 5.73 Å². The summed E-state index contributed by atoms with van der Waals surface area (Å²) in [5.74, 6) is -0.551. The van der Waals surface area contributed by atoms with Crippen molar-refractivity contribution in [3.05, 3.63) is 30.2 Å². The van der Waals surface area contributed by atoms with E-state index in [4.69, 9.17) is 5.73 Å². The fourth-order valence-electron chi connectivity index (χ4n) is 2.09. The summed E-state index contributed by atoms with van der Waals surface area (Å²) < 4.78 is 38.1. The molecular formula is C13H12FN5O2S. The second-order valence-electron chi connectivity index (χ2n) is 4.87. The minimum absolute atomic E-state index is 0.0413. The predicted octanol–water partition coefficient (Wildman–Crippen LogP) is 1.16. The summed E-state index contributed by atoms with van der Waals surface area (Å²) >= 11 is 0. The maximum absolute atomic E-state index is 13.6. The van der Waals surface area contributed by atoms with Gasteiger partial charge in [0, 0.05) is 25.1 Å². The Morgan fingerprint density at radius 2 is 2.05 bits per heavy atom. The van der Waals surface area contributed by atoms with Crippen LogP contribution in [0.4, 0.5) is 10.1 Å². The fraction of sp³-hybridized carbons (Fsp3) is 0.154. The highest BCUT2D eigenvalue weighted by atomic mass is 32.2. The molecule has 7 nitrogen and oxygen atoms in total. The number of hydrogen-bond acceptors (Lipinski definition) is 6. The van der Waals surface area contributed by atoms with Gasteiger partial charge in [0.05, 0.1) is 11.1 Å². The molecule has 1 aromatic carbocycles. The van der Waals surface area contributed by atoms with E-state index >= 15 is 0 Å². The molecule has 2 N–H and O–H groups in total. The van der Waals surface area contributed by atoms with E-state index in [2.05, 4.69) is 15.1 Å². The van der Waals surface area contributed by atoms with Gasteiger partial charge in [-0.25, -0.2) is 22.5 Å². The third-order valence-electron chi connectivity index (χ3n) is 3.16. The Morgan fingerprint density at radius 1 is 1.32 bits per heavy atom. The van der Waals surface area contributed by atoms with Gasteiger partial charge in [0.2, 0.25) is 15.0 Å². The molecule has 0 bridgehead atoms. The van der Waals surface area contributed by atoms with E-state index in [9.17, 15) is 12.8 Å². The van der Waals surface area contributed by atoms with Crippen molar-refractivity contribution < 1.29 is 12.8 Å². The topological polar surface area (TPSA) is 104 Å². The van der Waals surface area contributed by atoms with E-state index in [1.54, 1.807) is 13.1 Å². The largest absolute Gasteiger partial charge is 0.396 e. The number of nitrogens with zero attached hydrogens (tertiary/aromatic N) is 4. The Balaban J connectivity index is 2.26. The number of sulfone groups is 1. The molecular weight excluding hydrogens is 309 g/mol. The van der Waals surface area contributed by atoms with Crippen LogP contribution in [0.25, 0.3) is 22.3 Å². The molecule has 3 aromatic rings. The summed E-state index contributed by atoms with van der Waals surface area (Å²) in [6.07, 6.45) is 2.40. The first-order chi connectivity index (χ1) is 10.3. The first-order valence-electron chi connectivity index (χ1n) is 6.22. The predicted molar refractivity (Wildman–Crippen MR) is 79.2 cm³/mol. The first-order valence-corrected chi connectivity index (χ1v) is 8.11. The van der Waals surface area contributed by atoms with Crippen molar-refractivity contribution in [3.63, 3.8) is 0 Å². The number of anilines is 1. The van der Waals surface area contributed by atoms with Crippen molar-refractivity contribution in [2.45, 2.75) is 5.16 Å². The van der Waals surface area contributed by atoms with E-state index < -0.39 is 15.7 Å². The molecule has 22 heavy (non-hydrogen) atoms. The van der Waals surface area contributed by atoms with E-state index in [0.29, 0.717) is 22.3 Å². The molecule has 0 unspecified atom stereocenters. The Kier molecular flexibility index (Phi) is 3.10. The van der Waals surface area contributed by atoms with E-state index in [1.165, 1.54) is 23.0 Å². The molecule has 0 radical (unpaired) electrons. The van der Waals surface area contributed by atoms with Crippen LogP contribution in [0.15, 0.2) is 29.6 Å². The summed E-state index contributed by atoms with van der Waals surface area (Å²) in [6.45, 7) is 0. The summed E-state index contributed by atoms with van der Waals surface area (Å²) in [5.41, 5.74) is 6.81. The average molecular weight is 321 g/mol. The van der Waals surface area contributed by atoms with Crippen molar-refractivity contribution in [3.8, 4) is 11.3 Å². The van der Waals surface area contributed by atoms with E-state index in [0.717, 1.165) is 6.26 Å². The zero-order chi connectivity index (χ0) is 16.1. The van der Waals surface area contributed by atoms with Gasteiger partial charge in [0.25, 0.3) is 0 Å². The van der Waals surface area contributed by atoms with Crippen LogP contribution in [0, 0.1) is 5.82 Å². The quantitative estimate of drug-likeness (QED) is 0.561. The molecule has 0 fully saturated rings. The standard InChI is InChI=1S/C13H12FN5O2S/c1-19-12-8(6-16-13(17-12)22(2,20)21)11(18-19)7-3-4-10(15)9(14)5-7/h3-6H,15H2,1-2H3. The Bertz CT molecular complexity index is 997. The summed E-state index contributed by atoms with van der Waals surface area (Å²) in [5, 5.41) is 4.51. The van der Waals surface area contributed by atoms with Crippen LogP contribution in [0.2, 0.25) is 0 Å². The zero-order valence-electron chi connectivity index (χ0n) is 11.8. The molecule has 2 aromatic heterocycles.